The average molecular weight is 369 g/mol. The van der Waals surface area contributed by atoms with Gasteiger partial charge in [-0.15, -0.1) is 10.2 Å². The van der Waals surface area contributed by atoms with Crippen LogP contribution in [0.1, 0.15) is 5.56 Å². The Balaban J connectivity index is 1.82. The Morgan fingerprint density at radius 3 is 2.29 bits per heavy atom. The third-order valence-corrected chi connectivity index (χ3v) is 3.92. The Morgan fingerprint density at radius 1 is 0.964 bits per heavy atom. The molecule has 1 aromatic heterocycles. The van der Waals surface area contributed by atoms with Crippen molar-refractivity contribution in [2.45, 2.75) is 6.92 Å². The second-order valence-electron chi connectivity index (χ2n) is 6.03. The Kier molecular flexibility index (Phi) is 5.63. The van der Waals surface area contributed by atoms with Gasteiger partial charge >= 0.3 is 0 Å². The molecule has 0 radical (unpaired) electrons. The number of hydrogen-bond acceptors (Lipinski definition) is 6. The smallest absolute Gasteiger partial charge is 0.176 e. The molecule has 138 valence electrons. The molecule has 7 heteroatoms. The zero-order valence-electron chi connectivity index (χ0n) is 15.3. The number of benzene rings is 2. The summed E-state index contributed by atoms with van der Waals surface area (Å²) >= 11 is 0. The minimum Gasteiger partial charge on any atom is -0.384 e. The largest absolute Gasteiger partial charge is 0.384 e. The maximum Gasteiger partial charge on any atom is 0.176 e. The number of aryl methyl sites for hydroxylation is 1. The normalized spacial score (nSPS) is 12.1. The molecular formula is C21H19N7. The first-order valence-corrected chi connectivity index (χ1v) is 8.54. The van der Waals surface area contributed by atoms with Crippen LogP contribution in [0, 0.1) is 18.3 Å². The van der Waals surface area contributed by atoms with Gasteiger partial charge in [0.05, 0.1) is 5.69 Å². The molecule has 0 spiro atoms. The lowest BCUT2D eigenvalue weighted by Gasteiger charge is -2.08. The van der Waals surface area contributed by atoms with Gasteiger partial charge in [0.15, 0.2) is 5.82 Å². The van der Waals surface area contributed by atoms with E-state index in [1.54, 1.807) is 12.1 Å². The highest BCUT2D eigenvalue weighted by molar-refractivity contribution is 6.02. The van der Waals surface area contributed by atoms with Crippen LogP contribution in [0.3, 0.4) is 0 Å². The highest BCUT2D eigenvalue weighted by Crippen LogP contribution is 2.19. The van der Waals surface area contributed by atoms with Gasteiger partial charge in [-0.05, 0) is 31.2 Å². The molecule has 0 saturated heterocycles. The molecule has 1 heterocycles. The van der Waals surface area contributed by atoms with E-state index in [2.05, 4.69) is 20.5 Å². The molecule has 0 unspecified atom stereocenters. The monoisotopic (exact) mass is 369 g/mol. The zero-order chi connectivity index (χ0) is 19.9. The maximum absolute atomic E-state index is 9.41. The van der Waals surface area contributed by atoms with Gasteiger partial charge in [-0.25, -0.2) is 4.99 Å². The summed E-state index contributed by atoms with van der Waals surface area (Å²) in [6, 6.07) is 22.7. The van der Waals surface area contributed by atoms with Gasteiger partial charge in [0, 0.05) is 11.3 Å². The Labute approximate surface area is 163 Å². The minimum absolute atomic E-state index is 0.0354. The summed E-state index contributed by atoms with van der Waals surface area (Å²) in [5, 5.41) is 20.6. The zero-order valence-corrected chi connectivity index (χ0v) is 15.3. The number of para-hydroxylation sites is 1. The Hall–Kier alpha value is -4.18. The predicted molar refractivity (Wildman–Crippen MR) is 110 cm³/mol. The van der Waals surface area contributed by atoms with Gasteiger partial charge in [0.2, 0.25) is 0 Å². The number of hydrogen-bond donors (Lipinski definition) is 3. The summed E-state index contributed by atoms with van der Waals surface area (Å²) in [5.74, 6) is 0.355. The van der Waals surface area contributed by atoms with Crippen molar-refractivity contribution in [3.8, 4) is 17.3 Å². The molecule has 0 fully saturated rings. The summed E-state index contributed by atoms with van der Waals surface area (Å²) in [5.41, 5.74) is 15.6. The third-order valence-electron chi connectivity index (χ3n) is 3.92. The molecule has 0 atom stereocenters. The highest BCUT2D eigenvalue weighted by Gasteiger charge is 2.10. The van der Waals surface area contributed by atoms with E-state index in [4.69, 9.17) is 11.5 Å². The van der Waals surface area contributed by atoms with Crippen LogP contribution in [0.15, 0.2) is 83.1 Å². The van der Waals surface area contributed by atoms with Gasteiger partial charge in [0.25, 0.3) is 0 Å². The van der Waals surface area contributed by atoms with E-state index < -0.39 is 0 Å². The summed E-state index contributed by atoms with van der Waals surface area (Å²) in [6.45, 7) is 2.02. The van der Waals surface area contributed by atoms with Crippen molar-refractivity contribution < 1.29 is 0 Å². The molecule has 0 bridgehead atoms. The van der Waals surface area contributed by atoms with E-state index in [0.717, 1.165) is 16.9 Å². The molecule has 0 saturated carbocycles. The van der Waals surface area contributed by atoms with E-state index in [1.165, 1.54) is 5.56 Å². The van der Waals surface area contributed by atoms with Gasteiger partial charge in [-0.1, -0.05) is 48.0 Å². The summed E-state index contributed by atoms with van der Waals surface area (Å²) in [7, 11) is 0. The maximum atomic E-state index is 9.41. The van der Waals surface area contributed by atoms with Crippen LogP contribution >= 0.6 is 0 Å². The van der Waals surface area contributed by atoms with Gasteiger partial charge in [-0.3, -0.25) is 0 Å². The van der Waals surface area contributed by atoms with Crippen LogP contribution in [-0.4, -0.2) is 16.0 Å². The van der Waals surface area contributed by atoms with Crippen LogP contribution < -0.4 is 16.8 Å². The predicted octanol–water partition coefficient (Wildman–Crippen LogP) is 3.25. The van der Waals surface area contributed by atoms with Crippen molar-refractivity contribution >= 4 is 17.3 Å². The number of amidine groups is 1. The minimum atomic E-state index is -0.0409. The first-order chi connectivity index (χ1) is 13.6. The van der Waals surface area contributed by atoms with Gasteiger partial charge in [0.1, 0.15) is 23.3 Å². The van der Waals surface area contributed by atoms with E-state index in [-0.39, 0.29) is 23.0 Å². The topological polar surface area (TPSA) is 126 Å². The van der Waals surface area contributed by atoms with Crippen LogP contribution in [0.5, 0.6) is 0 Å². The van der Waals surface area contributed by atoms with E-state index in [0.29, 0.717) is 0 Å². The molecule has 3 rings (SSSR count). The lowest BCUT2D eigenvalue weighted by atomic mass is 10.1. The molecule has 7 nitrogen and oxygen atoms in total. The van der Waals surface area contributed by atoms with Crippen LogP contribution in [0.4, 0.5) is 11.5 Å². The molecule has 0 aliphatic heterocycles. The average Bonchev–Trinajstić information content (AvgIpc) is 2.70. The standard InChI is InChI=1S/C21H19N7/c1-14-7-9-15(10-8-14)18-11-12-19(28-27-18)26-21(24)17(13-22)20(23)25-16-5-3-2-4-6-16/h2-12,25H,23H2,1H3,(H2,24,26,28)/b20-17+. The van der Waals surface area contributed by atoms with Crippen molar-refractivity contribution in [2.75, 3.05) is 5.32 Å². The van der Waals surface area contributed by atoms with Crippen LogP contribution in [0.2, 0.25) is 0 Å². The van der Waals surface area contributed by atoms with E-state index in [1.807, 2.05) is 67.6 Å². The fraction of sp³-hybridized carbons (Fsp3) is 0.0476. The third kappa shape index (κ3) is 4.51. The van der Waals surface area contributed by atoms with Crippen molar-refractivity contribution in [1.29, 1.82) is 5.26 Å². The molecule has 2 aromatic carbocycles. The number of nitrogens with zero attached hydrogens (tertiary/aromatic N) is 4. The number of nitrogens with two attached hydrogens (primary N) is 2. The molecule has 3 aromatic rings. The van der Waals surface area contributed by atoms with Crippen LogP contribution in [0.25, 0.3) is 11.3 Å². The number of nitrogens with one attached hydrogen (secondary N) is 1. The number of aliphatic imine (C=N–C) groups is 1. The quantitative estimate of drug-likeness (QED) is 0.360. The number of nitriles is 1. The number of rotatable bonds is 5. The van der Waals surface area contributed by atoms with E-state index >= 15 is 0 Å². The second-order valence-corrected chi connectivity index (χ2v) is 6.03. The number of anilines is 1. The molecule has 0 aliphatic carbocycles. The Morgan fingerprint density at radius 2 is 1.68 bits per heavy atom. The van der Waals surface area contributed by atoms with E-state index in [9.17, 15) is 5.26 Å². The van der Waals surface area contributed by atoms with Crippen molar-refractivity contribution in [3.05, 3.63) is 83.7 Å². The lowest BCUT2D eigenvalue weighted by molar-refractivity contribution is 1.03. The lowest BCUT2D eigenvalue weighted by Crippen LogP contribution is -2.22. The first kappa shape index (κ1) is 18.6. The van der Waals surface area contributed by atoms with Gasteiger partial charge in [-0.2, -0.15) is 5.26 Å². The molecule has 0 aliphatic rings. The fourth-order valence-corrected chi connectivity index (χ4v) is 2.44. The van der Waals surface area contributed by atoms with Crippen molar-refractivity contribution in [3.63, 3.8) is 0 Å². The van der Waals surface area contributed by atoms with Crippen molar-refractivity contribution in [1.82, 2.24) is 10.2 Å². The highest BCUT2D eigenvalue weighted by atomic mass is 15.2. The summed E-state index contributed by atoms with van der Waals surface area (Å²) in [6.07, 6.45) is 0. The molecule has 0 amide bonds. The molecular weight excluding hydrogens is 350 g/mol. The summed E-state index contributed by atoms with van der Waals surface area (Å²) < 4.78 is 0. The Bertz CT molecular complexity index is 1040. The molecule has 5 N–H and O–H groups in total. The summed E-state index contributed by atoms with van der Waals surface area (Å²) in [4.78, 5) is 4.16. The molecule has 28 heavy (non-hydrogen) atoms. The fourth-order valence-electron chi connectivity index (χ4n) is 2.44. The first-order valence-electron chi connectivity index (χ1n) is 8.54. The second kappa shape index (κ2) is 8.47. The van der Waals surface area contributed by atoms with Crippen LogP contribution in [-0.2, 0) is 0 Å². The SMILES string of the molecule is Cc1ccc(-c2ccc(N=C(N)/C(C#N)=C(\N)Nc3ccccc3)nn2)cc1. The number of aromatic nitrogens is 2. The van der Waals surface area contributed by atoms with Gasteiger partial charge < -0.3 is 16.8 Å². The van der Waals surface area contributed by atoms with Crippen molar-refractivity contribution in [2.24, 2.45) is 16.5 Å².